The lowest BCUT2D eigenvalue weighted by molar-refractivity contribution is -0.402. The highest BCUT2D eigenvalue weighted by Crippen LogP contribution is 2.24. The van der Waals surface area contributed by atoms with Crippen LogP contribution in [-0.2, 0) is 6.42 Å². The molecule has 19 heavy (non-hydrogen) atoms. The van der Waals surface area contributed by atoms with Crippen LogP contribution in [0.5, 0.6) is 0 Å². The third kappa shape index (κ3) is 5.90. The zero-order valence-electron chi connectivity index (χ0n) is 12.1. The molecule has 0 aliphatic carbocycles. The van der Waals surface area contributed by atoms with Crippen LogP contribution in [-0.4, -0.2) is 4.92 Å². The zero-order valence-corrected chi connectivity index (χ0v) is 12.1. The third-order valence-electron chi connectivity index (χ3n) is 3.48. The molecular weight excluding hydrogens is 242 g/mol. The highest BCUT2D eigenvalue weighted by atomic mass is 16.6. The number of rotatable bonds is 10. The number of hydrogen-bond donors (Lipinski definition) is 0. The van der Waals surface area contributed by atoms with E-state index in [2.05, 4.69) is 13.8 Å². The van der Waals surface area contributed by atoms with Crippen LogP contribution in [0, 0.1) is 16.0 Å². The van der Waals surface area contributed by atoms with Gasteiger partial charge in [0.15, 0.2) is 0 Å². The van der Waals surface area contributed by atoms with Gasteiger partial charge in [-0.25, -0.2) is 0 Å². The Morgan fingerprint density at radius 2 is 1.95 bits per heavy atom. The van der Waals surface area contributed by atoms with Gasteiger partial charge in [0, 0.05) is 6.42 Å². The fraction of sp³-hybridized carbons (Fsp3) is 0.733. The molecule has 0 N–H and O–H groups in total. The van der Waals surface area contributed by atoms with Crippen molar-refractivity contribution in [3.63, 3.8) is 0 Å². The number of nitro groups is 1. The van der Waals surface area contributed by atoms with Gasteiger partial charge in [-0.15, -0.1) is 0 Å². The molecule has 1 heterocycles. The quantitative estimate of drug-likeness (QED) is 0.336. The van der Waals surface area contributed by atoms with Crippen molar-refractivity contribution in [1.82, 2.24) is 0 Å². The van der Waals surface area contributed by atoms with Crippen LogP contribution in [0.2, 0.25) is 0 Å². The molecule has 4 heteroatoms. The van der Waals surface area contributed by atoms with Crippen molar-refractivity contribution in [3.05, 3.63) is 28.0 Å². The van der Waals surface area contributed by atoms with E-state index in [1.807, 2.05) is 0 Å². The third-order valence-corrected chi connectivity index (χ3v) is 3.48. The molecule has 1 rings (SSSR count). The van der Waals surface area contributed by atoms with E-state index < -0.39 is 4.92 Å². The van der Waals surface area contributed by atoms with E-state index in [1.165, 1.54) is 44.6 Å². The van der Waals surface area contributed by atoms with Crippen LogP contribution in [0.1, 0.15) is 64.6 Å². The zero-order chi connectivity index (χ0) is 14.1. The van der Waals surface area contributed by atoms with Gasteiger partial charge < -0.3 is 4.42 Å². The van der Waals surface area contributed by atoms with E-state index in [-0.39, 0.29) is 5.88 Å². The molecule has 0 amide bonds. The first-order valence-corrected chi connectivity index (χ1v) is 7.40. The summed E-state index contributed by atoms with van der Waals surface area (Å²) in [6.07, 6.45) is 9.43. The van der Waals surface area contributed by atoms with Gasteiger partial charge in [0.2, 0.25) is 0 Å². The van der Waals surface area contributed by atoms with Crippen molar-refractivity contribution in [2.75, 3.05) is 0 Å². The van der Waals surface area contributed by atoms with E-state index in [0.717, 1.165) is 18.6 Å². The first-order valence-electron chi connectivity index (χ1n) is 7.40. The summed E-state index contributed by atoms with van der Waals surface area (Å²) in [6, 6.07) is 3.20. The summed E-state index contributed by atoms with van der Waals surface area (Å²) in [5.41, 5.74) is 0. The number of nitrogens with zero attached hydrogens (tertiary/aromatic N) is 1. The maximum absolute atomic E-state index is 10.6. The highest BCUT2D eigenvalue weighted by molar-refractivity contribution is 5.18. The smallest absolute Gasteiger partial charge is 0.406 e. The molecule has 0 aliphatic heterocycles. The molecule has 108 valence electrons. The Hall–Kier alpha value is -1.32. The molecular formula is C15H25NO3. The van der Waals surface area contributed by atoms with Gasteiger partial charge in [-0.3, -0.25) is 10.1 Å². The van der Waals surface area contributed by atoms with Crippen molar-refractivity contribution < 1.29 is 9.34 Å². The normalized spacial score (nSPS) is 12.5. The molecule has 1 atom stereocenters. The van der Waals surface area contributed by atoms with Gasteiger partial charge in [-0.2, -0.15) is 0 Å². The lowest BCUT2D eigenvalue weighted by Crippen LogP contribution is -2.04. The van der Waals surface area contributed by atoms with Crippen molar-refractivity contribution in [2.45, 2.75) is 65.2 Å². The van der Waals surface area contributed by atoms with E-state index in [4.69, 9.17) is 4.42 Å². The lowest BCUT2D eigenvalue weighted by Gasteiger charge is -2.14. The summed E-state index contributed by atoms with van der Waals surface area (Å²) in [5.74, 6) is 1.20. The molecule has 1 aromatic rings. The summed E-state index contributed by atoms with van der Waals surface area (Å²) in [6.45, 7) is 4.40. The van der Waals surface area contributed by atoms with Crippen molar-refractivity contribution in [2.24, 2.45) is 5.92 Å². The summed E-state index contributed by atoms with van der Waals surface area (Å²) in [4.78, 5) is 10.1. The van der Waals surface area contributed by atoms with Crippen LogP contribution < -0.4 is 0 Å². The Kier molecular flexibility index (Phi) is 7.23. The molecule has 0 bridgehead atoms. The van der Waals surface area contributed by atoms with Crippen molar-refractivity contribution in [3.8, 4) is 0 Å². The Labute approximate surface area is 115 Å². The minimum Gasteiger partial charge on any atom is -0.406 e. The fourth-order valence-corrected chi connectivity index (χ4v) is 2.48. The van der Waals surface area contributed by atoms with Gasteiger partial charge in [0.25, 0.3) is 0 Å². The molecule has 0 saturated carbocycles. The second-order valence-corrected chi connectivity index (χ2v) is 5.21. The second kappa shape index (κ2) is 8.73. The molecule has 0 radical (unpaired) electrons. The van der Waals surface area contributed by atoms with Crippen molar-refractivity contribution >= 4 is 5.88 Å². The molecule has 1 unspecified atom stereocenters. The molecule has 1 aromatic heterocycles. The average Bonchev–Trinajstić information content (AvgIpc) is 2.83. The van der Waals surface area contributed by atoms with Crippen LogP contribution in [0.4, 0.5) is 5.88 Å². The number of hydrogen-bond acceptors (Lipinski definition) is 3. The minimum atomic E-state index is -0.473. The summed E-state index contributed by atoms with van der Waals surface area (Å²) < 4.78 is 5.25. The Morgan fingerprint density at radius 3 is 2.53 bits per heavy atom. The van der Waals surface area contributed by atoms with Gasteiger partial charge in [-0.05, 0) is 12.0 Å². The van der Waals surface area contributed by atoms with Crippen LogP contribution >= 0.6 is 0 Å². The molecule has 0 spiro atoms. The Balaban J connectivity index is 2.44. The van der Waals surface area contributed by atoms with E-state index in [9.17, 15) is 10.1 Å². The number of furan rings is 1. The highest BCUT2D eigenvalue weighted by Gasteiger charge is 2.15. The predicted octanol–water partition coefficient (Wildman–Crippen LogP) is 5.12. The SMILES string of the molecule is CCCCCCC(CCC)Cc1ccc([N+](=O)[O-])o1. The predicted molar refractivity (Wildman–Crippen MR) is 76.2 cm³/mol. The average molecular weight is 267 g/mol. The van der Waals surface area contributed by atoms with E-state index >= 15 is 0 Å². The van der Waals surface area contributed by atoms with Gasteiger partial charge >= 0.3 is 5.88 Å². The largest absolute Gasteiger partial charge is 0.433 e. The Bertz CT molecular complexity index is 373. The Morgan fingerprint density at radius 1 is 1.16 bits per heavy atom. The summed E-state index contributed by atoms with van der Waals surface area (Å²) >= 11 is 0. The summed E-state index contributed by atoms with van der Waals surface area (Å²) in [7, 11) is 0. The van der Waals surface area contributed by atoms with Gasteiger partial charge in [0.05, 0.1) is 6.07 Å². The first kappa shape index (κ1) is 15.7. The van der Waals surface area contributed by atoms with Crippen LogP contribution in [0.15, 0.2) is 16.5 Å². The van der Waals surface area contributed by atoms with Crippen molar-refractivity contribution in [1.29, 1.82) is 0 Å². The maximum atomic E-state index is 10.6. The monoisotopic (exact) mass is 267 g/mol. The van der Waals surface area contributed by atoms with Gasteiger partial charge in [-0.1, -0.05) is 58.8 Å². The first-order chi connectivity index (χ1) is 9.17. The minimum absolute atomic E-state index is 0.142. The fourth-order valence-electron chi connectivity index (χ4n) is 2.48. The van der Waals surface area contributed by atoms with E-state index in [0.29, 0.717) is 5.92 Å². The number of unbranched alkanes of at least 4 members (excludes halogenated alkanes) is 3. The van der Waals surface area contributed by atoms with Crippen LogP contribution in [0.25, 0.3) is 0 Å². The van der Waals surface area contributed by atoms with Crippen LogP contribution in [0.3, 0.4) is 0 Å². The standard InChI is InChI=1S/C15H25NO3/c1-3-5-6-7-9-13(8-4-2)12-14-10-11-15(19-14)16(17)18/h10-11,13H,3-9,12H2,1-2H3. The topological polar surface area (TPSA) is 56.3 Å². The second-order valence-electron chi connectivity index (χ2n) is 5.21. The molecule has 4 nitrogen and oxygen atoms in total. The molecule has 0 saturated heterocycles. The molecule has 0 aromatic carbocycles. The lowest BCUT2D eigenvalue weighted by atomic mass is 9.92. The van der Waals surface area contributed by atoms with Gasteiger partial charge in [0.1, 0.15) is 10.7 Å². The summed E-state index contributed by atoms with van der Waals surface area (Å²) in [5, 5.41) is 10.6. The maximum Gasteiger partial charge on any atom is 0.433 e. The molecule has 0 fully saturated rings. The van der Waals surface area contributed by atoms with E-state index in [1.54, 1.807) is 6.07 Å². The molecule has 0 aliphatic rings.